The third-order valence-electron chi connectivity index (χ3n) is 4.89. The van der Waals surface area contributed by atoms with Gasteiger partial charge in [-0.1, -0.05) is 6.92 Å². The highest BCUT2D eigenvalue weighted by Gasteiger charge is 2.34. The molecule has 1 aliphatic heterocycles. The smallest absolute Gasteiger partial charge is 0.223 e. The van der Waals surface area contributed by atoms with Crippen molar-refractivity contribution in [3.05, 3.63) is 16.8 Å². The number of thiophene rings is 1. The van der Waals surface area contributed by atoms with Crippen LogP contribution in [-0.4, -0.2) is 46.2 Å². The number of likely N-dealkylation sites (tertiary alicyclic amines) is 1. The lowest BCUT2D eigenvalue weighted by molar-refractivity contribution is -0.130. The number of rotatable bonds is 5. The zero-order chi connectivity index (χ0) is 17.3. The summed E-state index contributed by atoms with van der Waals surface area (Å²) in [5, 5.41) is 2.14. The molecule has 0 bridgehead atoms. The van der Waals surface area contributed by atoms with E-state index in [2.05, 4.69) is 30.7 Å². The van der Waals surface area contributed by atoms with Crippen molar-refractivity contribution in [1.29, 1.82) is 0 Å². The largest absolute Gasteiger partial charge is 0.342 e. The van der Waals surface area contributed by atoms with Gasteiger partial charge in [0.2, 0.25) is 5.91 Å². The average Bonchev–Trinajstić information content (AvgIpc) is 3.10. The molecule has 2 aromatic rings. The molecule has 2 N–H and O–H groups in total. The molecule has 0 saturated carbocycles. The second-order valence-electron chi connectivity index (χ2n) is 6.82. The van der Waals surface area contributed by atoms with Crippen LogP contribution in [0.4, 0.5) is 0 Å². The first kappa shape index (κ1) is 17.6. The van der Waals surface area contributed by atoms with Gasteiger partial charge in [0.15, 0.2) is 0 Å². The minimum Gasteiger partial charge on any atom is -0.342 e. The molecule has 1 fully saturated rings. The van der Waals surface area contributed by atoms with Gasteiger partial charge in [0.25, 0.3) is 0 Å². The number of nitrogens with zero attached hydrogens (tertiary/aromatic N) is 3. The second-order valence-corrected chi connectivity index (χ2v) is 9.11. The summed E-state index contributed by atoms with van der Waals surface area (Å²) >= 11 is 3.36. The van der Waals surface area contributed by atoms with E-state index in [0.717, 1.165) is 40.5 Å². The maximum absolute atomic E-state index is 12.4. The quantitative estimate of drug-likeness (QED) is 0.652. The highest BCUT2D eigenvalue weighted by Crippen LogP contribution is 2.35. The summed E-state index contributed by atoms with van der Waals surface area (Å²) < 4.78 is 0. The van der Waals surface area contributed by atoms with Crippen molar-refractivity contribution >= 4 is 39.2 Å². The van der Waals surface area contributed by atoms with Crippen LogP contribution < -0.4 is 5.73 Å². The van der Waals surface area contributed by atoms with Gasteiger partial charge in [0.1, 0.15) is 16.2 Å². The van der Waals surface area contributed by atoms with Gasteiger partial charge in [0.05, 0.1) is 0 Å². The minimum absolute atomic E-state index is 0.0902. The summed E-state index contributed by atoms with van der Waals surface area (Å²) in [5.41, 5.74) is 7.16. The van der Waals surface area contributed by atoms with Crippen LogP contribution in [0.15, 0.2) is 11.4 Å². The zero-order valence-electron chi connectivity index (χ0n) is 14.5. The first-order valence-electron chi connectivity index (χ1n) is 8.25. The number of thioether (sulfide) groups is 1. The summed E-state index contributed by atoms with van der Waals surface area (Å²) in [6.45, 7) is 8.65. The van der Waals surface area contributed by atoms with E-state index in [4.69, 9.17) is 5.73 Å². The van der Waals surface area contributed by atoms with Gasteiger partial charge < -0.3 is 10.6 Å². The Kier molecular flexibility index (Phi) is 5.13. The molecule has 0 radical (unpaired) electrons. The first-order valence-corrected chi connectivity index (χ1v) is 10.0. The van der Waals surface area contributed by atoms with Crippen LogP contribution in [0.5, 0.6) is 0 Å². The molecule has 3 rings (SSSR count). The number of aromatic nitrogens is 2. The van der Waals surface area contributed by atoms with E-state index in [1.807, 2.05) is 4.90 Å². The van der Waals surface area contributed by atoms with Crippen molar-refractivity contribution in [2.75, 3.05) is 25.4 Å². The minimum atomic E-state index is 0.0902. The number of amides is 1. The summed E-state index contributed by atoms with van der Waals surface area (Å²) in [7, 11) is 0. The van der Waals surface area contributed by atoms with Crippen LogP contribution in [0.1, 0.15) is 30.2 Å². The van der Waals surface area contributed by atoms with E-state index in [0.29, 0.717) is 13.0 Å². The molecule has 1 unspecified atom stereocenters. The molecule has 1 atom stereocenters. The van der Waals surface area contributed by atoms with Gasteiger partial charge in [-0.25, -0.2) is 9.97 Å². The Morgan fingerprint density at radius 3 is 2.96 bits per heavy atom. The van der Waals surface area contributed by atoms with E-state index >= 15 is 0 Å². The fourth-order valence-corrected chi connectivity index (χ4v) is 5.10. The molecule has 1 amide bonds. The molecule has 0 aliphatic carbocycles. The van der Waals surface area contributed by atoms with Gasteiger partial charge >= 0.3 is 0 Å². The van der Waals surface area contributed by atoms with Crippen LogP contribution in [0.25, 0.3) is 10.2 Å². The van der Waals surface area contributed by atoms with Crippen LogP contribution in [0.2, 0.25) is 0 Å². The van der Waals surface area contributed by atoms with E-state index in [1.54, 1.807) is 29.4 Å². The number of fused-ring (bicyclic) bond motifs is 1. The number of hydrogen-bond acceptors (Lipinski definition) is 6. The lowest BCUT2D eigenvalue weighted by Gasteiger charge is -2.22. The Morgan fingerprint density at radius 2 is 2.25 bits per heavy atom. The first-order chi connectivity index (χ1) is 11.4. The molecule has 3 heterocycles. The fourth-order valence-electron chi connectivity index (χ4n) is 3.06. The van der Waals surface area contributed by atoms with E-state index in [1.165, 1.54) is 10.4 Å². The highest BCUT2D eigenvalue weighted by molar-refractivity contribution is 7.99. The summed E-state index contributed by atoms with van der Waals surface area (Å²) in [6.07, 6.45) is 3.16. The third-order valence-corrected chi connectivity index (χ3v) is 7.00. The molecule has 2 aromatic heterocycles. The number of carbonyl (C=O) groups is 1. The Morgan fingerprint density at radius 1 is 1.46 bits per heavy atom. The molecular formula is C17H24N4OS2. The molecule has 1 saturated heterocycles. The summed E-state index contributed by atoms with van der Waals surface area (Å²) in [4.78, 5) is 25.5. The Labute approximate surface area is 151 Å². The molecule has 1 aliphatic rings. The van der Waals surface area contributed by atoms with E-state index in [-0.39, 0.29) is 11.3 Å². The maximum atomic E-state index is 12.4. The van der Waals surface area contributed by atoms with Crippen molar-refractivity contribution in [1.82, 2.24) is 14.9 Å². The molecule has 7 heteroatoms. The lowest BCUT2D eigenvalue weighted by atomic mass is 9.90. The molecular weight excluding hydrogens is 340 g/mol. The summed E-state index contributed by atoms with van der Waals surface area (Å²) in [6, 6.07) is 0. The van der Waals surface area contributed by atoms with Crippen LogP contribution >= 0.6 is 23.1 Å². The Bertz CT molecular complexity index is 760. The molecule has 0 aromatic carbocycles. The topological polar surface area (TPSA) is 72.1 Å². The number of aryl methyl sites for hydroxylation is 2. The van der Waals surface area contributed by atoms with Crippen molar-refractivity contribution in [3.63, 3.8) is 0 Å². The molecule has 24 heavy (non-hydrogen) atoms. The standard InChI is InChI=1S/C17H24N4OS2/c1-11-12(2)24-16-14(11)15(19-10-20-16)23-7-4-13(22)21-6-5-17(3,8-18)9-21/h10H,4-9,18H2,1-3H3. The SMILES string of the molecule is Cc1sc2ncnc(SCCC(=O)N3CCC(C)(CN)C3)c2c1C. The normalized spacial score (nSPS) is 20.9. The van der Waals surface area contributed by atoms with Gasteiger partial charge in [-0.2, -0.15) is 0 Å². The van der Waals surface area contributed by atoms with Crippen LogP contribution in [-0.2, 0) is 4.79 Å². The molecule has 130 valence electrons. The average molecular weight is 365 g/mol. The van der Waals surface area contributed by atoms with Crippen molar-refractivity contribution < 1.29 is 4.79 Å². The number of carbonyl (C=O) groups excluding carboxylic acids is 1. The van der Waals surface area contributed by atoms with Crippen LogP contribution in [0.3, 0.4) is 0 Å². The van der Waals surface area contributed by atoms with Gasteiger partial charge in [-0.05, 0) is 37.8 Å². The summed E-state index contributed by atoms with van der Waals surface area (Å²) in [5.74, 6) is 0.970. The Hall–Kier alpha value is -1.18. The predicted molar refractivity (Wildman–Crippen MR) is 101 cm³/mol. The van der Waals surface area contributed by atoms with Gasteiger partial charge in [-0.3, -0.25) is 4.79 Å². The fraction of sp³-hybridized carbons (Fsp3) is 0.588. The van der Waals surface area contributed by atoms with Crippen molar-refractivity contribution in [2.45, 2.75) is 38.6 Å². The van der Waals surface area contributed by atoms with Crippen molar-refractivity contribution in [2.24, 2.45) is 11.1 Å². The highest BCUT2D eigenvalue weighted by atomic mass is 32.2. The molecule has 5 nitrogen and oxygen atoms in total. The van der Waals surface area contributed by atoms with E-state index in [9.17, 15) is 4.79 Å². The number of hydrogen-bond donors (Lipinski definition) is 1. The van der Waals surface area contributed by atoms with Gasteiger partial charge in [0, 0.05) is 35.5 Å². The Balaban J connectivity index is 1.60. The number of nitrogens with two attached hydrogens (primary N) is 1. The van der Waals surface area contributed by atoms with E-state index < -0.39 is 0 Å². The zero-order valence-corrected chi connectivity index (χ0v) is 16.1. The van der Waals surface area contributed by atoms with Crippen molar-refractivity contribution in [3.8, 4) is 0 Å². The maximum Gasteiger partial charge on any atom is 0.223 e. The monoisotopic (exact) mass is 364 g/mol. The lowest BCUT2D eigenvalue weighted by Crippen LogP contribution is -2.34. The van der Waals surface area contributed by atoms with Gasteiger partial charge in [-0.15, -0.1) is 23.1 Å². The van der Waals surface area contributed by atoms with Crippen LogP contribution in [0, 0.1) is 19.3 Å². The third kappa shape index (κ3) is 3.43. The second kappa shape index (κ2) is 6.98. The predicted octanol–water partition coefficient (Wildman–Crippen LogP) is 2.99. The molecule has 0 spiro atoms.